The number of nitrogens with one attached hydrogen (secondary N) is 1. The van der Waals surface area contributed by atoms with Crippen LogP contribution >= 0.6 is 0 Å². The van der Waals surface area contributed by atoms with Gasteiger partial charge >= 0.3 is 0 Å². The first-order valence-electron chi connectivity index (χ1n) is 6.11. The van der Waals surface area contributed by atoms with Gasteiger partial charge in [-0.3, -0.25) is 0 Å². The molecule has 1 heterocycles. The monoisotopic (exact) mass is 198 g/mol. The fraction of sp³-hybridized carbons (Fsp3) is 1.00. The van der Waals surface area contributed by atoms with Crippen LogP contribution in [0, 0.1) is 11.8 Å². The van der Waals surface area contributed by atoms with Crippen LogP contribution in [0.2, 0.25) is 0 Å². The maximum Gasteiger partial charge on any atom is 0.00121 e. The Kier molecular flexibility index (Phi) is 5.49. The van der Waals surface area contributed by atoms with E-state index in [0.29, 0.717) is 0 Å². The largest absolute Gasteiger partial charge is 0.320 e. The standard InChI is InChI=1S/C12H26N2/c1-11(2)12-6-4-8-14(10-12)9-5-7-13-3/h11-13H,4-10H2,1-3H3. The van der Waals surface area contributed by atoms with E-state index in [-0.39, 0.29) is 0 Å². The van der Waals surface area contributed by atoms with Crippen LogP contribution in [0.25, 0.3) is 0 Å². The Balaban J connectivity index is 2.19. The molecule has 0 aromatic heterocycles. The molecule has 1 rings (SSSR count). The summed E-state index contributed by atoms with van der Waals surface area (Å²) in [4.78, 5) is 2.64. The molecule has 0 bridgehead atoms. The van der Waals surface area contributed by atoms with Crippen LogP contribution in [0.4, 0.5) is 0 Å². The van der Waals surface area contributed by atoms with Crippen LogP contribution < -0.4 is 5.32 Å². The number of piperidine rings is 1. The molecule has 0 radical (unpaired) electrons. The van der Waals surface area contributed by atoms with Crippen molar-refractivity contribution in [2.24, 2.45) is 11.8 Å². The van der Waals surface area contributed by atoms with E-state index in [2.05, 4.69) is 24.1 Å². The summed E-state index contributed by atoms with van der Waals surface area (Å²) in [6, 6.07) is 0. The fourth-order valence-corrected chi connectivity index (χ4v) is 2.32. The fourth-order valence-electron chi connectivity index (χ4n) is 2.32. The van der Waals surface area contributed by atoms with Crippen molar-refractivity contribution in [3.05, 3.63) is 0 Å². The Hall–Kier alpha value is -0.0800. The van der Waals surface area contributed by atoms with Gasteiger partial charge in [0.2, 0.25) is 0 Å². The predicted octanol–water partition coefficient (Wildman–Crippen LogP) is 1.96. The van der Waals surface area contributed by atoms with Crippen molar-refractivity contribution < 1.29 is 0 Å². The molecule has 1 saturated heterocycles. The number of nitrogens with zero attached hydrogens (tertiary/aromatic N) is 1. The Morgan fingerprint density at radius 2 is 2.21 bits per heavy atom. The van der Waals surface area contributed by atoms with Crippen LogP contribution in [-0.4, -0.2) is 38.1 Å². The van der Waals surface area contributed by atoms with E-state index in [1.165, 1.54) is 38.9 Å². The smallest absolute Gasteiger partial charge is 0.00121 e. The molecule has 0 aromatic carbocycles. The maximum absolute atomic E-state index is 3.21. The van der Waals surface area contributed by atoms with Gasteiger partial charge in [0.25, 0.3) is 0 Å². The molecule has 0 amide bonds. The molecular formula is C12H26N2. The highest BCUT2D eigenvalue weighted by Gasteiger charge is 2.21. The quantitative estimate of drug-likeness (QED) is 0.679. The zero-order valence-corrected chi connectivity index (χ0v) is 10.1. The van der Waals surface area contributed by atoms with Gasteiger partial charge in [-0.1, -0.05) is 13.8 Å². The van der Waals surface area contributed by atoms with Gasteiger partial charge in [-0.25, -0.2) is 0 Å². The van der Waals surface area contributed by atoms with Gasteiger partial charge in [-0.05, 0) is 57.8 Å². The summed E-state index contributed by atoms with van der Waals surface area (Å²) >= 11 is 0. The molecule has 14 heavy (non-hydrogen) atoms. The van der Waals surface area contributed by atoms with Crippen LogP contribution in [-0.2, 0) is 0 Å². The molecular weight excluding hydrogens is 172 g/mol. The second-order valence-electron chi connectivity index (χ2n) is 4.90. The summed E-state index contributed by atoms with van der Waals surface area (Å²) in [5, 5.41) is 3.21. The van der Waals surface area contributed by atoms with E-state index in [1.54, 1.807) is 0 Å². The topological polar surface area (TPSA) is 15.3 Å². The summed E-state index contributed by atoms with van der Waals surface area (Å²) in [6.07, 6.45) is 4.14. The lowest BCUT2D eigenvalue weighted by Gasteiger charge is -2.34. The van der Waals surface area contributed by atoms with Crippen molar-refractivity contribution in [2.75, 3.05) is 33.2 Å². The molecule has 1 N–H and O–H groups in total. The molecule has 1 atom stereocenters. The first-order valence-corrected chi connectivity index (χ1v) is 6.11. The third-order valence-electron chi connectivity index (χ3n) is 3.39. The molecule has 2 heteroatoms. The van der Waals surface area contributed by atoms with Gasteiger partial charge in [0, 0.05) is 6.54 Å². The van der Waals surface area contributed by atoms with E-state index in [1.807, 2.05) is 7.05 Å². The minimum Gasteiger partial charge on any atom is -0.320 e. The zero-order valence-electron chi connectivity index (χ0n) is 10.1. The van der Waals surface area contributed by atoms with E-state index in [4.69, 9.17) is 0 Å². The average molecular weight is 198 g/mol. The van der Waals surface area contributed by atoms with Crippen molar-refractivity contribution in [3.8, 4) is 0 Å². The van der Waals surface area contributed by atoms with Gasteiger partial charge in [0.05, 0.1) is 0 Å². The van der Waals surface area contributed by atoms with Gasteiger partial charge in [0.15, 0.2) is 0 Å². The Labute approximate surface area is 89.1 Å². The third-order valence-corrected chi connectivity index (χ3v) is 3.39. The second-order valence-corrected chi connectivity index (χ2v) is 4.90. The molecule has 0 aromatic rings. The summed E-state index contributed by atoms with van der Waals surface area (Å²) in [5.41, 5.74) is 0. The highest BCUT2D eigenvalue weighted by Crippen LogP contribution is 2.23. The summed E-state index contributed by atoms with van der Waals surface area (Å²) in [5.74, 6) is 1.81. The van der Waals surface area contributed by atoms with E-state index in [9.17, 15) is 0 Å². The maximum atomic E-state index is 3.21. The molecule has 0 saturated carbocycles. The molecule has 0 aliphatic carbocycles. The normalized spacial score (nSPS) is 24.4. The van der Waals surface area contributed by atoms with Crippen LogP contribution in [0.1, 0.15) is 33.1 Å². The van der Waals surface area contributed by atoms with Crippen molar-refractivity contribution in [3.63, 3.8) is 0 Å². The summed E-state index contributed by atoms with van der Waals surface area (Å²) in [6.45, 7) is 9.82. The van der Waals surface area contributed by atoms with Crippen LogP contribution in [0.3, 0.4) is 0 Å². The number of rotatable bonds is 5. The van der Waals surface area contributed by atoms with Crippen LogP contribution in [0.5, 0.6) is 0 Å². The van der Waals surface area contributed by atoms with Gasteiger partial charge in [0.1, 0.15) is 0 Å². The Bertz CT molecular complexity index is 145. The summed E-state index contributed by atoms with van der Waals surface area (Å²) in [7, 11) is 2.03. The van der Waals surface area contributed by atoms with Crippen LogP contribution in [0.15, 0.2) is 0 Å². The van der Waals surface area contributed by atoms with E-state index >= 15 is 0 Å². The molecule has 1 unspecified atom stereocenters. The SMILES string of the molecule is CNCCCN1CCCC(C(C)C)C1. The van der Waals surface area contributed by atoms with Gasteiger partial charge < -0.3 is 10.2 Å². The average Bonchev–Trinajstić information content (AvgIpc) is 2.19. The number of hydrogen-bond acceptors (Lipinski definition) is 2. The molecule has 2 nitrogen and oxygen atoms in total. The zero-order chi connectivity index (χ0) is 10.4. The Morgan fingerprint density at radius 1 is 1.43 bits per heavy atom. The van der Waals surface area contributed by atoms with E-state index in [0.717, 1.165) is 18.4 Å². The first kappa shape index (κ1) is 12.0. The number of hydrogen-bond donors (Lipinski definition) is 1. The lowest BCUT2D eigenvalue weighted by molar-refractivity contribution is 0.144. The lowest BCUT2D eigenvalue weighted by Crippen LogP contribution is -2.38. The summed E-state index contributed by atoms with van der Waals surface area (Å²) < 4.78 is 0. The third kappa shape index (κ3) is 3.97. The highest BCUT2D eigenvalue weighted by atomic mass is 15.1. The van der Waals surface area contributed by atoms with Gasteiger partial charge in [-0.2, -0.15) is 0 Å². The second kappa shape index (κ2) is 6.41. The molecule has 1 aliphatic heterocycles. The highest BCUT2D eigenvalue weighted by molar-refractivity contribution is 4.74. The van der Waals surface area contributed by atoms with E-state index < -0.39 is 0 Å². The van der Waals surface area contributed by atoms with Crippen molar-refractivity contribution in [2.45, 2.75) is 33.1 Å². The van der Waals surface area contributed by atoms with Crippen molar-refractivity contribution >= 4 is 0 Å². The molecule has 0 spiro atoms. The number of likely N-dealkylation sites (tertiary alicyclic amines) is 1. The predicted molar refractivity (Wildman–Crippen MR) is 62.5 cm³/mol. The molecule has 1 fully saturated rings. The minimum atomic E-state index is 0.863. The molecule has 1 aliphatic rings. The van der Waals surface area contributed by atoms with Crippen molar-refractivity contribution in [1.82, 2.24) is 10.2 Å². The first-order chi connectivity index (χ1) is 6.74. The molecule has 84 valence electrons. The minimum absolute atomic E-state index is 0.863. The Morgan fingerprint density at radius 3 is 2.86 bits per heavy atom. The van der Waals surface area contributed by atoms with Crippen molar-refractivity contribution in [1.29, 1.82) is 0 Å². The lowest BCUT2D eigenvalue weighted by atomic mass is 9.88. The van der Waals surface area contributed by atoms with Gasteiger partial charge in [-0.15, -0.1) is 0 Å².